The van der Waals surface area contributed by atoms with Gasteiger partial charge in [0, 0.05) is 25.2 Å². The largest absolute Gasteiger partial charge is 0.482 e. The molecular formula is C13H16Cl4N2O2. The molecule has 1 heterocycles. The molecule has 0 aliphatic carbocycles. The van der Waals surface area contributed by atoms with E-state index in [1.807, 2.05) is 0 Å². The Morgan fingerprint density at radius 2 is 1.95 bits per heavy atom. The van der Waals surface area contributed by atoms with Crippen molar-refractivity contribution in [1.29, 1.82) is 0 Å². The van der Waals surface area contributed by atoms with E-state index in [1.54, 1.807) is 4.90 Å². The fraction of sp³-hybridized carbons (Fsp3) is 0.462. The zero-order valence-corrected chi connectivity index (χ0v) is 14.2. The number of ether oxygens (including phenoxy) is 1. The fourth-order valence-corrected chi connectivity index (χ4v) is 2.84. The highest BCUT2D eigenvalue weighted by atomic mass is 35.5. The number of nitrogens with zero attached hydrogens (tertiary/aromatic N) is 1. The first-order chi connectivity index (χ1) is 9.52. The van der Waals surface area contributed by atoms with Crippen LogP contribution in [0.2, 0.25) is 15.1 Å². The first-order valence-electron chi connectivity index (χ1n) is 6.29. The van der Waals surface area contributed by atoms with Crippen LogP contribution in [0.3, 0.4) is 0 Å². The second-order valence-corrected chi connectivity index (χ2v) is 5.83. The summed E-state index contributed by atoms with van der Waals surface area (Å²) in [4.78, 5) is 13.8. The normalized spacial score (nSPS) is 17.5. The first-order valence-corrected chi connectivity index (χ1v) is 7.43. The van der Waals surface area contributed by atoms with Gasteiger partial charge in [-0.15, -0.1) is 12.4 Å². The lowest BCUT2D eigenvalue weighted by Crippen LogP contribution is -2.42. The van der Waals surface area contributed by atoms with Gasteiger partial charge in [-0.25, -0.2) is 0 Å². The summed E-state index contributed by atoms with van der Waals surface area (Å²) in [6, 6.07) is 3.10. The molecule has 1 aliphatic rings. The molecule has 1 aliphatic heterocycles. The van der Waals surface area contributed by atoms with Gasteiger partial charge in [0.15, 0.2) is 6.61 Å². The highest BCUT2D eigenvalue weighted by Gasteiger charge is 2.27. The maximum absolute atomic E-state index is 12.1. The summed E-state index contributed by atoms with van der Waals surface area (Å²) in [6.45, 7) is 1.10. The Bertz CT molecular complexity index is 513. The second kappa shape index (κ2) is 8.30. The Kier molecular flexibility index (Phi) is 7.37. The average molecular weight is 374 g/mol. The molecule has 118 valence electrons. The first kappa shape index (κ1) is 18.7. The summed E-state index contributed by atoms with van der Waals surface area (Å²) in [7, 11) is 0. The van der Waals surface area contributed by atoms with Gasteiger partial charge in [0.1, 0.15) is 5.75 Å². The zero-order chi connectivity index (χ0) is 14.7. The lowest BCUT2D eigenvalue weighted by Gasteiger charge is -2.23. The van der Waals surface area contributed by atoms with Crippen molar-refractivity contribution < 1.29 is 9.53 Å². The standard InChI is InChI=1S/C13H15Cl3N2O2.ClH/c14-9-4-11(16)12(5-10(9)15)20-7-13(19)18-3-1-2-8(18)6-17;/h4-5,8H,1-3,6-7,17H2;1H. The molecular weight excluding hydrogens is 358 g/mol. The van der Waals surface area contributed by atoms with E-state index in [0.29, 0.717) is 27.4 Å². The van der Waals surface area contributed by atoms with Crippen LogP contribution in [0.15, 0.2) is 12.1 Å². The number of rotatable bonds is 4. The van der Waals surface area contributed by atoms with Gasteiger partial charge in [-0.1, -0.05) is 34.8 Å². The molecule has 2 N–H and O–H groups in total. The number of hydrogen-bond donors (Lipinski definition) is 1. The molecule has 0 spiro atoms. The minimum absolute atomic E-state index is 0. The predicted octanol–water partition coefficient (Wildman–Crippen LogP) is 3.40. The highest BCUT2D eigenvalue weighted by Crippen LogP contribution is 2.33. The molecule has 1 saturated heterocycles. The highest BCUT2D eigenvalue weighted by molar-refractivity contribution is 6.43. The molecule has 21 heavy (non-hydrogen) atoms. The molecule has 1 atom stereocenters. The van der Waals surface area contributed by atoms with Crippen LogP contribution in [-0.4, -0.2) is 36.5 Å². The van der Waals surface area contributed by atoms with Crippen LogP contribution in [0.1, 0.15) is 12.8 Å². The fourth-order valence-electron chi connectivity index (χ4n) is 2.25. The summed E-state index contributed by atoms with van der Waals surface area (Å²) in [5.41, 5.74) is 5.64. The van der Waals surface area contributed by atoms with Crippen LogP contribution < -0.4 is 10.5 Å². The van der Waals surface area contributed by atoms with Crippen molar-refractivity contribution in [3.05, 3.63) is 27.2 Å². The molecule has 1 amide bonds. The summed E-state index contributed by atoms with van der Waals surface area (Å²) < 4.78 is 5.43. The summed E-state index contributed by atoms with van der Waals surface area (Å²) in [5, 5.41) is 1.00. The number of nitrogens with two attached hydrogens (primary N) is 1. The molecule has 0 saturated carbocycles. The number of benzene rings is 1. The second-order valence-electron chi connectivity index (χ2n) is 4.60. The van der Waals surface area contributed by atoms with Gasteiger partial charge in [0.2, 0.25) is 0 Å². The van der Waals surface area contributed by atoms with Crippen LogP contribution in [0, 0.1) is 0 Å². The quantitative estimate of drug-likeness (QED) is 0.823. The smallest absolute Gasteiger partial charge is 0.260 e. The van der Waals surface area contributed by atoms with Crippen LogP contribution >= 0.6 is 47.2 Å². The van der Waals surface area contributed by atoms with E-state index in [1.165, 1.54) is 12.1 Å². The van der Waals surface area contributed by atoms with Crippen LogP contribution in [0.25, 0.3) is 0 Å². The summed E-state index contributed by atoms with van der Waals surface area (Å²) >= 11 is 17.7. The van der Waals surface area contributed by atoms with Crippen LogP contribution in [0.4, 0.5) is 0 Å². The molecule has 8 heteroatoms. The van der Waals surface area contributed by atoms with Gasteiger partial charge in [-0.2, -0.15) is 0 Å². The van der Waals surface area contributed by atoms with Crippen LogP contribution in [0.5, 0.6) is 5.75 Å². The molecule has 4 nitrogen and oxygen atoms in total. The van der Waals surface area contributed by atoms with Crippen molar-refractivity contribution in [3.8, 4) is 5.75 Å². The third-order valence-electron chi connectivity index (χ3n) is 3.30. The van der Waals surface area contributed by atoms with Crippen molar-refractivity contribution in [2.75, 3.05) is 19.7 Å². The predicted molar refractivity (Wildman–Crippen MR) is 88.0 cm³/mol. The van der Waals surface area contributed by atoms with Crippen molar-refractivity contribution in [2.24, 2.45) is 5.73 Å². The van der Waals surface area contributed by atoms with E-state index >= 15 is 0 Å². The van der Waals surface area contributed by atoms with Crippen molar-refractivity contribution in [2.45, 2.75) is 18.9 Å². The molecule has 2 rings (SSSR count). The SMILES string of the molecule is Cl.NCC1CCCN1C(=O)COc1cc(Cl)c(Cl)cc1Cl. The Labute approximate surface area is 144 Å². The molecule has 1 aromatic rings. The topological polar surface area (TPSA) is 55.6 Å². The molecule has 0 radical (unpaired) electrons. The van der Waals surface area contributed by atoms with Gasteiger partial charge in [0.25, 0.3) is 5.91 Å². The zero-order valence-electron chi connectivity index (χ0n) is 11.2. The Morgan fingerprint density at radius 3 is 2.62 bits per heavy atom. The van der Waals surface area contributed by atoms with Crippen LogP contribution in [-0.2, 0) is 4.79 Å². The van der Waals surface area contributed by atoms with Gasteiger partial charge in [-0.05, 0) is 18.9 Å². The van der Waals surface area contributed by atoms with E-state index in [9.17, 15) is 4.79 Å². The minimum Gasteiger partial charge on any atom is -0.482 e. The van der Waals surface area contributed by atoms with Gasteiger partial charge >= 0.3 is 0 Å². The number of likely N-dealkylation sites (tertiary alicyclic amines) is 1. The van der Waals surface area contributed by atoms with Gasteiger partial charge < -0.3 is 15.4 Å². The lowest BCUT2D eigenvalue weighted by molar-refractivity contribution is -0.134. The molecule has 0 bridgehead atoms. The number of halogens is 4. The number of carbonyl (C=O) groups is 1. The van der Waals surface area contributed by atoms with E-state index < -0.39 is 0 Å². The third kappa shape index (κ3) is 4.54. The third-order valence-corrected chi connectivity index (χ3v) is 4.31. The molecule has 1 aromatic carbocycles. The Hall–Kier alpha value is -0.390. The maximum atomic E-state index is 12.1. The van der Waals surface area contributed by atoms with E-state index in [0.717, 1.165) is 19.4 Å². The maximum Gasteiger partial charge on any atom is 0.260 e. The van der Waals surface area contributed by atoms with E-state index in [-0.39, 0.29) is 31.0 Å². The van der Waals surface area contributed by atoms with Gasteiger partial charge in [-0.3, -0.25) is 4.79 Å². The lowest BCUT2D eigenvalue weighted by atomic mass is 10.2. The Morgan fingerprint density at radius 1 is 1.29 bits per heavy atom. The summed E-state index contributed by atoms with van der Waals surface area (Å²) in [6.07, 6.45) is 1.91. The number of amides is 1. The number of hydrogen-bond acceptors (Lipinski definition) is 3. The van der Waals surface area contributed by atoms with E-state index in [2.05, 4.69) is 0 Å². The van der Waals surface area contributed by atoms with Crippen molar-refractivity contribution in [3.63, 3.8) is 0 Å². The minimum atomic E-state index is -0.0971. The van der Waals surface area contributed by atoms with Gasteiger partial charge in [0.05, 0.1) is 15.1 Å². The summed E-state index contributed by atoms with van der Waals surface area (Å²) in [5.74, 6) is 0.248. The van der Waals surface area contributed by atoms with E-state index in [4.69, 9.17) is 45.3 Å². The monoisotopic (exact) mass is 372 g/mol. The molecule has 1 fully saturated rings. The Balaban J connectivity index is 0.00000220. The van der Waals surface area contributed by atoms with Crippen molar-refractivity contribution >= 4 is 53.1 Å². The average Bonchev–Trinajstić information content (AvgIpc) is 2.89. The molecule has 1 unspecified atom stereocenters. The van der Waals surface area contributed by atoms with Crippen molar-refractivity contribution in [1.82, 2.24) is 4.90 Å². The molecule has 0 aromatic heterocycles. The number of carbonyl (C=O) groups excluding carboxylic acids is 1.